The van der Waals surface area contributed by atoms with E-state index in [0.717, 1.165) is 22.5 Å². The normalized spacial score (nSPS) is 17.0. The molecule has 1 aliphatic heterocycles. The monoisotopic (exact) mass is 489 g/mol. The largest absolute Gasteiger partial charge is 0.417 e. The fourth-order valence-electron chi connectivity index (χ4n) is 3.32. The van der Waals surface area contributed by atoms with Crippen LogP contribution in [-0.4, -0.2) is 62.2 Å². The molecule has 3 rings (SSSR count). The second-order valence-corrected chi connectivity index (χ2v) is 9.34. The maximum atomic E-state index is 13.3. The zero-order valence-electron chi connectivity index (χ0n) is 16.5. The summed E-state index contributed by atoms with van der Waals surface area (Å²) in [6.07, 6.45) is -5.33. The zero-order valence-corrected chi connectivity index (χ0v) is 18.1. The van der Waals surface area contributed by atoms with E-state index < -0.39 is 38.7 Å². The van der Waals surface area contributed by atoms with Crippen molar-refractivity contribution in [2.75, 3.05) is 26.2 Å². The molecule has 0 aliphatic carbocycles. The van der Waals surface area contributed by atoms with Crippen molar-refractivity contribution in [3.8, 4) is 0 Å². The highest BCUT2D eigenvalue weighted by Gasteiger charge is 2.40. The third kappa shape index (κ3) is 5.29. The molecule has 0 spiro atoms. The first-order chi connectivity index (χ1) is 15.0. The van der Waals surface area contributed by atoms with Gasteiger partial charge in [-0.25, -0.2) is 8.42 Å². The number of sulfonamides is 1. The van der Waals surface area contributed by atoms with Crippen molar-refractivity contribution in [1.82, 2.24) is 14.5 Å². The molecule has 1 aliphatic rings. The summed E-state index contributed by atoms with van der Waals surface area (Å²) in [4.78, 5) is 24.6. The van der Waals surface area contributed by atoms with Gasteiger partial charge in [0.25, 0.3) is 5.91 Å². The maximum absolute atomic E-state index is 13.3. The molecule has 1 N–H and O–H groups in total. The second-order valence-electron chi connectivity index (χ2n) is 7.00. The molecule has 1 fully saturated rings. The first-order valence-electron chi connectivity index (χ1n) is 9.46. The number of hydrogen-bond donors (Lipinski definition) is 1. The molecular formula is C20H19ClF3N3O4S. The van der Waals surface area contributed by atoms with E-state index in [9.17, 15) is 31.2 Å². The molecule has 1 unspecified atom stereocenters. The summed E-state index contributed by atoms with van der Waals surface area (Å²) in [5.74, 6) is -0.520. The van der Waals surface area contributed by atoms with E-state index in [1.807, 2.05) is 0 Å². The summed E-state index contributed by atoms with van der Waals surface area (Å²) in [5.41, 5.74) is -0.949. The molecular weight excluding hydrogens is 471 g/mol. The predicted octanol–water partition coefficient (Wildman–Crippen LogP) is 2.62. The third-order valence-electron chi connectivity index (χ3n) is 4.99. The molecule has 172 valence electrons. The number of amides is 1. The van der Waals surface area contributed by atoms with Gasteiger partial charge in [-0.15, -0.1) is 0 Å². The van der Waals surface area contributed by atoms with Crippen molar-refractivity contribution in [3.63, 3.8) is 0 Å². The van der Waals surface area contributed by atoms with Crippen LogP contribution in [0.25, 0.3) is 0 Å². The molecule has 1 heterocycles. The quantitative estimate of drug-likeness (QED) is 0.630. The van der Waals surface area contributed by atoms with Gasteiger partial charge in [0, 0.05) is 36.8 Å². The number of hydrogen-bond acceptors (Lipinski definition) is 5. The lowest BCUT2D eigenvalue weighted by Gasteiger charge is -2.37. The van der Waals surface area contributed by atoms with Crippen molar-refractivity contribution in [2.24, 2.45) is 0 Å². The van der Waals surface area contributed by atoms with Crippen LogP contribution in [0.3, 0.4) is 0 Å². The number of carbonyl (C=O) groups excluding carboxylic acids is 2. The van der Waals surface area contributed by atoms with Crippen molar-refractivity contribution >= 4 is 33.8 Å². The van der Waals surface area contributed by atoms with Gasteiger partial charge in [0.1, 0.15) is 6.17 Å². The average molecular weight is 490 g/mol. The number of carbonyl (C=O) groups is 2. The third-order valence-corrected chi connectivity index (χ3v) is 7.20. The summed E-state index contributed by atoms with van der Waals surface area (Å²) < 4.78 is 66.4. The van der Waals surface area contributed by atoms with Crippen LogP contribution >= 0.6 is 11.6 Å². The molecule has 12 heteroatoms. The van der Waals surface area contributed by atoms with Crippen LogP contribution in [0.4, 0.5) is 13.2 Å². The molecule has 7 nitrogen and oxygen atoms in total. The van der Waals surface area contributed by atoms with Crippen molar-refractivity contribution in [1.29, 1.82) is 0 Å². The van der Waals surface area contributed by atoms with E-state index in [1.54, 1.807) is 4.90 Å². The lowest BCUT2D eigenvalue weighted by molar-refractivity contribution is -0.140. The Balaban J connectivity index is 1.69. The van der Waals surface area contributed by atoms with E-state index in [1.165, 1.54) is 30.3 Å². The van der Waals surface area contributed by atoms with Crippen LogP contribution in [0.2, 0.25) is 5.02 Å². The highest BCUT2D eigenvalue weighted by atomic mass is 35.5. The molecule has 32 heavy (non-hydrogen) atoms. The molecule has 0 bridgehead atoms. The maximum Gasteiger partial charge on any atom is 0.417 e. The highest BCUT2D eigenvalue weighted by Crippen LogP contribution is 2.35. The number of nitrogens with zero attached hydrogens (tertiary/aromatic N) is 2. The predicted molar refractivity (Wildman–Crippen MR) is 111 cm³/mol. The van der Waals surface area contributed by atoms with Gasteiger partial charge in [0.05, 0.1) is 10.5 Å². The lowest BCUT2D eigenvalue weighted by Crippen LogP contribution is -2.57. The smallest absolute Gasteiger partial charge is 0.330 e. The van der Waals surface area contributed by atoms with E-state index in [0.29, 0.717) is 11.3 Å². The molecule has 1 saturated heterocycles. The Morgan fingerprint density at radius 2 is 1.62 bits per heavy atom. The van der Waals surface area contributed by atoms with E-state index >= 15 is 0 Å². The summed E-state index contributed by atoms with van der Waals surface area (Å²) in [5, 5.41) is 2.99. The van der Waals surface area contributed by atoms with Gasteiger partial charge >= 0.3 is 6.18 Å². The lowest BCUT2D eigenvalue weighted by atomic mass is 10.2. The molecule has 1 amide bonds. The number of rotatable bonds is 6. The van der Waals surface area contributed by atoms with Gasteiger partial charge < -0.3 is 5.32 Å². The molecule has 2 aromatic carbocycles. The Kier molecular flexibility index (Phi) is 7.23. The Bertz CT molecular complexity index is 1090. The van der Waals surface area contributed by atoms with Crippen molar-refractivity contribution in [2.45, 2.75) is 17.2 Å². The van der Waals surface area contributed by atoms with Crippen molar-refractivity contribution in [3.05, 3.63) is 64.7 Å². The number of aldehydes is 1. The van der Waals surface area contributed by atoms with Crippen LogP contribution in [0.1, 0.15) is 15.9 Å². The summed E-state index contributed by atoms with van der Waals surface area (Å²) >= 11 is 5.79. The highest BCUT2D eigenvalue weighted by molar-refractivity contribution is 7.89. The molecule has 0 radical (unpaired) electrons. The molecule has 2 aromatic rings. The van der Waals surface area contributed by atoms with Crippen LogP contribution < -0.4 is 5.32 Å². The summed E-state index contributed by atoms with van der Waals surface area (Å²) in [6, 6.07) is 10.0. The van der Waals surface area contributed by atoms with Crippen LogP contribution in [-0.2, 0) is 21.0 Å². The average Bonchev–Trinajstić information content (AvgIpc) is 2.77. The Morgan fingerprint density at radius 3 is 2.19 bits per heavy atom. The number of piperazine rings is 1. The fourth-order valence-corrected chi connectivity index (χ4v) is 5.08. The van der Waals surface area contributed by atoms with Gasteiger partial charge in [-0.1, -0.05) is 23.7 Å². The molecule has 1 atom stereocenters. The Hall–Kier alpha value is -2.47. The molecule has 0 aromatic heterocycles. The Labute approximate surface area is 187 Å². The van der Waals surface area contributed by atoms with Crippen LogP contribution in [0.5, 0.6) is 0 Å². The second kappa shape index (κ2) is 9.57. The first-order valence-corrected chi connectivity index (χ1v) is 11.3. The van der Waals surface area contributed by atoms with Gasteiger partial charge in [0.2, 0.25) is 10.0 Å². The van der Waals surface area contributed by atoms with Crippen LogP contribution in [0.15, 0.2) is 53.4 Å². The van der Waals surface area contributed by atoms with Crippen LogP contribution in [0, 0.1) is 0 Å². The zero-order chi connectivity index (χ0) is 23.5. The van der Waals surface area contributed by atoms with Gasteiger partial charge in [-0.05, 0) is 36.4 Å². The summed E-state index contributed by atoms with van der Waals surface area (Å²) in [6.45, 7) is -0.208. The number of nitrogens with one attached hydrogen (secondary N) is 1. The van der Waals surface area contributed by atoms with Crippen molar-refractivity contribution < 1.29 is 31.2 Å². The fraction of sp³-hybridized carbons (Fsp3) is 0.300. The van der Waals surface area contributed by atoms with Gasteiger partial charge in [-0.2, -0.15) is 17.5 Å². The van der Waals surface area contributed by atoms with E-state index in [2.05, 4.69) is 5.32 Å². The summed E-state index contributed by atoms with van der Waals surface area (Å²) in [7, 11) is -4.40. The molecule has 0 saturated carbocycles. The number of halogens is 4. The SMILES string of the molecule is O=CC(NC(=O)c1ccc(Cl)cc1)N1CCN(S(=O)(=O)c2ccccc2C(F)(F)F)CC1. The van der Waals surface area contributed by atoms with E-state index in [4.69, 9.17) is 11.6 Å². The van der Waals surface area contributed by atoms with Gasteiger partial charge in [0.15, 0.2) is 6.29 Å². The standard InChI is InChI=1S/C20H19ClF3N3O4S/c21-15-7-5-14(6-8-15)19(29)25-18(13-28)26-9-11-27(12-10-26)32(30,31)17-4-2-1-3-16(17)20(22,23)24/h1-8,13,18H,9-12H2,(H,25,29). The Morgan fingerprint density at radius 1 is 1.03 bits per heavy atom. The van der Waals surface area contributed by atoms with E-state index in [-0.39, 0.29) is 31.7 Å². The minimum absolute atomic E-state index is 0.0394. The topological polar surface area (TPSA) is 86.8 Å². The number of benzene rings is 2. The minimum atomic E-state index is -4.82. The first kappa shape index (κ1) is 24.2. The van der Waals surface area contributed by atoms with Gasteiger partial charge in [-0.3, -0.25) is 14.5 Å². The number of alkyl halides is 3. The minimum Gasteiger partial charge on any atom is -0.330 e.